The Balaban J connectivity index is 1.49. The molecule has 1 amide bonds. The van der Waals surface area contributed by atoms with Crippen molar-refractivity contribution in [3.63, 3.8) is 0 Å². The normalized spacial score (nSPS) is 16.6. The molecule has 0 spiro atoms. The average Bonchev–Trinajstić information content (AvgIpc) is 3.12. The first kappa shape index (κ1) is 16.5. The smallest absolute Gasteiger partial charge is 0.331 e. The van der Waals surface area contributed by atoms with E-state index in [0.29, 0.717) is 0 Å². The molecule has 1 atom stereocenters. The van der Waals surface area contributed by atoms with Crippen molar-refractivity contribution in [3.8, 4) is 0 Å². The molecule has 0 aliphatic heterocycles. The number of esters is 1. The van der Waals surface area contributed by atoms with Gasteiger partial charge in [0.25, 0.3) is 5.91 Å². The average molecular weight is 341 g/mol. The van der Waals surface area contributed by atoms with E-state index < -0.39 is 5.97 Å². The number of ether oxygens (including phenoxy) is 1. The summed E-state index contributed by atoms with van der Waals surface area (Å²) in [5.74, 6) is -0.780. The van der Waals surface area contributed by atoms with Crippen LogP contribution in [0.5, 0.6) is 0 Å². The van der Waals surface area contributed by atoms with Crippen molar-refractivity contribution >= 4 is 29.3 Å². The van der Waals surface area contributed by atoms with Crippen LogP contribution in [0.2, 0.25) is 0 Å². The molecule has 1 heterocycles. The van der Waals surface area contributed by atoms with Gasteiger partial charge in [0.15, 0.2) is 6.61 Å². The minimum absolute atomic E-state index is 0.00260. The maximum Gasteiger partial charge on any atom is 0.331 e. The lowest BCUT2D eigenvalue weighted by Crippen LogP contribution is -2.34. The SMILES string of the molecule is O=C(COC(=O)/C=C/c1cccs1)N[C@@H]1CCCc2ccccc21. The van der Waals surface area contributed by atoms with Crippen LogP contribution in [0.25, 0.3) is 6.08 Å². The molecule has 3 rings (SSSR count). The molecule has 0 saturated heterocycles. The van der Waals surface area contributed by atoms with Gasteiger partial charge in [-0.3, -0.25) is 4.79 Å². The Morgan fingerprint density at radius 1 is 1.25 bits per heavy atom. The molecule has 1 aliphatic rings. The minimum atomic E-state index is -0.511. The summed E-state index contributed by atoms with van der Waals surface area (Å²) in [6.45, 7) is -0.258. The number of thiophene rings is 1. The van der Waals surface area contributed by atoms with Gasteiger partial charge < -0.3 is 10.1 Å². The van der Waals surface area contributed by atoms with Gasteiger partial charge in [-0.05, 0) is 47.9 Å². The van der Waals surface area contributed by atoms with Gasteiger partial charge in [-0.2, -0.15) is 0 Å². The first-order chi connectivity index (χ1) is 11.7. The van der Waals surface area contributed by atoms with Crippen LogP contribution in [0.15, 0.2) is 47.9 Å². The number of hydrogen-bond donors (Lipinski definition) is 1. The molecule has 1 aromatic heterocycles. The molecular formula is C19H19NO3S. The Bertz CT molecular complexity index is 737. The van der Waals surface area contributed by atoms with E-state index >= 15 is 0 Å². The molecule has 1 N–H and O–H groups in total. The summed E-state index contributed by atoms with van der Waals surface area (Å²) in [4.78, 5) is 24.7. The van der Waals surface area contributed by atoms with E-state index in [1.165, 1.54) is 28.5 Å². The van der Waals surface area contributed by atoms with E-state index in [1.54, 1.807) is 6.08 Å². The molecule has 5 heteroatoms. The highest BCUT2D eigenvalue weighted by molar-refractivity contribution is 7.10. The molecular weight excluding hydrogens is 322 g/mol. The van der Waals surface area contributed by atoms with Crippen molar-refractivity contribution in [2.45, 2.75) is 25.3 Å². The Labute approximate surface area is 145 Å². The van der Waals surface area contributed by atoms with Crippen LogP contribution in [-0.4, -0.2) is 18.5 Å². The number of amides is 1. The lowest BCUT2D eigenvalue weighted by Gasteiger charge is -2.26. The van der Waals surface area contributed by atoms with E-state index in [1.807, 2.05) is 29.6 Å². The number of rotatable bonds is 5. The van der Waals surface area contributed by atoms with Gasteiger partial charge in [-0.1, -0.05) is 30.3 Å². The molecule has 4 nitrogen and oxygen atoms in total. The minimum Gasteiger partial charge on any atom is -0.452 e. The van der Waals surface area contributed by atoms with Gasteiger partial charge in [-0.25, -0.2) is 4.79 Å². The number of aryl methyl sites for hydroxylation is 1. The number of hydrogen-bond acceptors (Lipinski definition) is 4. The second kappa shape index (κ2) is 7.93. The second-order valence-electron chi connectivity index (χ2n) is 5.67. The lowest BCUT2D eigenvalue weighted by atomic mass is 9.88. The zero-order valence-corrected chi connectivity index (χ0v) is 14.1. The molecule has 24 heavy (non-hydrogen) atoms. The molecule has 1 aromatic carbocycles. The van der Waals surface area contributed by atoms with E-state index in [4.69, 9.17) is 4.74 Å². The molecule has 0 unspecified atom stereocenters. The highest BCUT2D eigenvalue weighted by atomic mass is 32.1. The molecule has 0 saturated carbocycles. The van der Waals surface area contributed by atoms with Crippen molar-refractivity contribution < 1.29 is 14.3 Å². The lowest BCUT2D eigenvalue weighted by molar-refractivity contribution is -0.144. The highest BCUT2D eigenvalue weighted by Gasteiger charge is 2.21. The molecule has 1 aliphatic carbocycles. The summed E-state index contributed by atoms with van der Waals surface area (Å²) in [7, 11) is 0. The molecule has 2 aromatic rings. The van der Waals surface area contributed by atoms with Crippen LogP contribution < -0.4 is 5.32 Å². The summed E-state index contributed by atoms with van der Waals surface area (Å²) < 4.78 is 5.00. The van der Waals surface area contributed by atoms with Crippen LogP contribution in [0.4, 0.5) is 0 Å². The summed E-state index contributed by atoms with van der Waals surface area (Å²) >= 11 is 1.53. The third-order valence-electron chi connectivity index (χ3n) is 3.98. The topological polar surface area (TPSA) is 55.4 Å². The maximum absolute atomic E-state index is 12.0. The predicted octanol–water partition coefficient (Wildman–Crippen LogP) is 3.50. The molecule has 0 fully saturated rings. The first-order valence-corrected chi connectivity index (χ1v) is 8.86. The quantitative estimate of drug-likeness (QED) is 0.669. The molecule has 124 valence electrons. The van der Waals surface area contributed by atoms with Gasteiger partial charge in [0, 0.05) is 11.0 Å². The Kier molecular flexibility index (Phi) is 5.43. The van der Waals surface area contributed by atoms with Gasteiger partial charge >= 0.3 is 5.97 Å². The van der Waals surface area contributed by atoms with E-state index in [9.17, 15) is 9.59 Å². The van der Waals surface area contributed by atoms with Crippen molar-refractivity contribution in [2.24, 2.45) is 0 Å². The van der Waals surface area contributed by atoms with Gasteiger partial charge in [0.1, 0.15) is 0 Å². The fraction of sp³-hybridized carbons (Fsp3) is 0.263. The largest absolute Gasteiger partial charge is 0.452 e. The van der Waals surface area contributed by atoms with E-state index in [2.05, 4.69) is 17.4 Å². The third kappa shape index (κ3) is 4.32. The van der Waals surface area contributed by atoms with Crippen LogP contribution in [0.1, 0.15) is 34.9 Å². The number of carbonyl (C=O) groups excluding carboxylic acids is 2. The Morgan fingerprint density at radius 2 is 2.12 bits per heavy atom. The zero-order valence-electron chi connectivity index (χ0n) is 13.2. The Morgan fingerprint density at radius 3 is 2.96 bits per heavy atom. The molecule has 0 radical (unpaired) electrons. The van der Waals surface area contributed by atoms with Crippen molar-refractivity contribution in [1.82, 2.24) is 5.32 Å². The number of fused-ring (bicyclic) bond motifs is 1. The number of benzene rings is 1. The van der Waals surface area contributed by atoms with Gasteiger partial charge in [0.05, 0.1) is 6.04 Å². The first-order valence-electron chi connectivity index (χ1n) is 7.98. The van der Waals surface area contributed by atoms with Crippen LogP contribution in [0, 0.1) is 0 Å². The standard InChI is InChI=1S/C19H19NO3S/c21-18(13-23-19(22)11-10-15-7-4-12-24-15)20-17-9-3-6-14-5-1-2-8-16(14)17/h1-2,4-5,7-8,10-12,17H,3,6,9,13H2,(H,20,21)/b11-10+/t17-/m1/s1. The summed E-state index contributed by atoms with van der Waals surface area (Å²) in [6.07, 6.45) is 6.03. The van der Waals surface area contributed by atoms with E-state index in [-0.39, 0.29) is 18.6 Å². The van der Waals surface area contributed by atoms with Crippen molar-refractivity contribution in [3.05, 3.63) is 63.9 Å². The Hall–Kier alpha value is -2.40. The summed E-state index contributed by atoms with van der Waals surface area (Å²) in [5.41, 5.74) is 2.45. The number of nitrogens with one attached hydrogen (secondary N) is 1. The fourth-order valence-electron chi connectivity index (χ4n) is 2.86. The zero-order chi connectivity index (χ0) is 16.8. The van der Waals surface area contributed by atoms with Crippen LogP contribution in [-0.2, 0) is 20.7 Å². The number of carbonyl (C=O) groups is 2. The van der Waals surface area contributed by atoms with Gasteiger partial charge in [0.2, 0.25) is 0 Å². The maximum atomic E-state index is 12.0. The third-order valence-corrected chi connectivity index (χ3v) is 4.81. The predicted molar refractivity (Wildman–Crippen MR) is 94.6 cm³/mol. The molecule has 0 bridgehead atoms. The van der Waals surface area contributed by atoms with Crippen LogP contribution >= 0.6 is 11.3 Å². The summed E-state index contributed by atoms with van der Waals surface area (Å²) in [5, 5.41) is 4.89. The van der Waals surface area contributed by atoms with Crippen LogP contribution in [0.3, 0.4) is 0 Å². The van der Waals surface area contributed by atoms with Crippen molar-refractivity contribution in [2.75, 3.05) is 6.61 Å². The monoisotopic (exact) mass is 341 g/mol. The second-order valence-corrected chi connectivity index (χ2v) is 6.65. The van der Waals surface area contributed by atoms with Crippen molar-refractivity contribution in [1.29, 1.82) is 0 Å². The van der Waals surface area contributed by atoms with Gasteiger partial charge in [-0.15, -0.1) is 11.3 Å². The fourth-order valence-corrected chi connectivity index (χ4v) is 3.48. The van der Waals surface area contributed by atoms with E-state index in [0.717, 1.165) is 24.1 Å². The summed E-state index contributed by atoms with van der Waals surface area (Å²) in [6, 6.07) is 12.0. The highest BCUT2D eigenvalue weighted by Crippen LogP contribution is 2.29.